The molecule has 0 radical (unpaired) electrons. The number of aryl methyl sites for hydroxylation is 1. The van der Waals surface area contributed by atoms with E-state index in [1.54, 1.807) is 18.5 Å². The molecular weight excluding hydrogens is 419 g/mol. The maximum Gasteiger partial charge on any atom is 0.229 e. The predicted molar refractivity (Wildman–Crippen MR) is 127 cm³/mol. The first kappa shape index (κ1) is 21.2. The fraction of sp³-hybridized carbons (Fsp3) is 0.250. The fourth-order valence-corrected chi connectivity index (χ4v) is 3.96. The SMILES string of the molecule is Cc1cccc2c(Nc3ccnc(Nc4cc(CN5CCNCC5)ccc4F)n3)cnnc12. The summed E-state index contributed by atoms with van der Waals surface area (Å²) in [4.78, 5) is 11.1. The highest BCUT2D eigenvalue weighted by molar-refractivity contribution is 5.93. The molecule has 1 fully saturated rings. The van der Waals surface area contributed by atoms with Crippen LogP contribution in [0.25, 0.3) is 10.9 Å². The quantitative estimate of drug-likeness (QED) is 0.414. The molecule has 0 unspecified atom stereocenters. The van der Waals surface area contributed by atoms with E-state index in [9.17, 15) is 4.39 Å². The molecule has 0 saturated carbocycles. The van der Waals surface area contributed by atoms with Gasteiger partial charge in [0.05, 0.1) is 23.1 Å². The summed E-state index contributed by atoms with van der Waals surface area (Å²) < 4.78 is 14.5. The third-order valence-corrected chi connectivity index (χ3v) is 5.68. The van der Waals surface area contributed by atoms with Crippen molar-refractivity contribution in [2.75, 3.05) is 36.8 Å². The van der Waals surface area contributed by atoms with Crippen LogP contribution < -0.4 is 16.0 Å². The van der Waals surface area contributed by atoms with Crippen LogP contribution in [0.2, 0.25) is 0 Å². The highest BCUT2D eigenvalue weighted by Gasteiger charge is 2.13. The molecule has 0 atom stereocenters. The molecule has 8 nitrogen and oxygen atoms in total. The van der Waals surface area contributed by atoms with E-state index in [2.05, 4.69) is 41.0 Å². The Balaban J connectivity index is 1.35. The van der Waals surface area contributed by atoms with Gasteiger partial charge in [-0.05, 0) is 36.2 Å². The smallest absolute Gasteiger partial charge is 0.229 e. The van der Waals surface area contributed by atoms with Crippen LogP contribution in [0, 0.1) is 12.7 Å². The van der Waals surface area contributed by atoms with Gasteiger partial charge < -0.3 is 16.0 Å². The number of benzene rings is 2. The second-order valence-corrected chi connectivity index (χ2v) is 8.09. The van der Waals surface area contributed by atoms with E-state index in [0.717, 1.165) is 60.4 Å². The number of rotatable bonds is 6. The molecule has 1 aliphatic heterocycles. The average Bonchev–Trinajstić information content (AvgIpc) is 2.83. The molecule has 4 aromatic rings. The van der Waals surface area contributed by atoms with Gasteiger partial charge in [-0.3, -0.25) is 4.90 Å². The van der Waals surface area contributed by atoms with Gasteiger partial charge >= 0.3 is 0 Å². The van der Waals surface area contributed by atoms with Gasteiger partial charge in [-0.1, -0.05) is 24.3 Å². The first-order chi connectivity index (χ1) is 16.2. The number of nitrogens with zero attached hydrogens (tertiary/aromatic N) is 5. The average molecular weight is 445 g/mol. The molecule has 168 valence electrons. The van der Waals surface area contributed by atoms with Crippen LogP contribution in [0.15, 0.2) is 54.9 Å². The van der Waals surface area contributed by atoms with E-state index in [1.165, 1.54) is 6.07 Å². The van der Waals surface area contributed by atoms with Gasteiger partial charge in [-0.15, -0.1) is 0 Å². The van der Waals surface area contributed by atoms with Crippen molar-refractivity contribution in [3.8, 4) is 0 Å². The van der Waals surface area contributed by atoms with Crippen molar-refractivity contribution in [1.29, 1.82) is 0 Å². The van der Waals surface area contributed by atoms with E-state index >= 15 is 0 Å². The summed E-state index contributed by atoms with van der Waals surface area (Å²) >= 11 is 0. The Morgan fingerprint density at radius 2 is 1.94 bits per heavy atom. The number of nitrogens with one attached hydrogen (secondary N) is 3. The monoisotopic (exact) mass is 444 g/mol. The van der Waals surface area contributed by atoms with Crippen molar-refractivity contribution in [2.45, 2.75) is 13.5 Å². The van der Waals surface area contributed by atoms with Crippen LogP contribution in [0.4, 0.5) is 27.5 Å². The summed E-state index contributed by atoms with van der Waals surface area (Å²) in [5, 5.41) is 18.9. The van der Waals surface area contributed by atoms with Crippen molar-refractivity contribution in [1.82, 2.24) is 30.4 Å². The zero-order valence-corrected chi connectivity index (χ0v) is 18.3. The molecule has 33 heavy (non-hydrogen) atoms. The van der Waals surface area contributed by atoms with E-state index < -0.39 is 0 Å². The molecule has 1 saturated heterocycles. The highest BCUT2D eigenvalue weighted by atomic mass is 19.1. The van der Waals surface area contributed by atoms with Gasteiger partial charge in [0.25, 0.3) is 0 Å². The van der Waals surface area contributed by atoms with Crippen molar-refractivity contribution < 1.29 is 4.39 Å². The van der Waals surface area contributed by atoms with E-state index in [-0.39, 0.29) is 5.82 Å². The number of hydrogen-bond acceptors (Lipinski definition) is 8. The minimum atomic E-state index is -0.346. The standard InChI is InChI=1S/C24H25FN8/c1-16-3-2-4-18-21(14-28-32-23(16)18)29-22-7-8-27-24(31-22)30-20-13-17(5-6-19(20)25)15-33-11-9-26-10-12-33/h2-8,13-14,26H,9-12,15H2,1H3,(H2,27,29,30,31,32). The number of anilines is 4. The third-order valence-electron chi connectivity index (χ3n) is 5.68. The van der Waals surface area contributed by atoms with Gasteiger partial charge in [-0.25, -0.2) is 9.37 Å². The van der Waals surface area contributed by atoms with E-state index in [1.807, 2.05) is 37.3 Å². The van der Waals surface area contributed by atoms with Gasteiger partial charge in [0, 0.05) is 44.3 Å². The number of aromatic nitrogens is 4. The van der Waals surface area contributed by atoms with Gasteiger partial charge in [0.15, 0.2) is 0 Å². The van der Waals surface area contributed by atoms with Crippen LogP contribution >= 0.6 is 0 Å². The minimum absolute atomic E-state index is 0.306. The topological polar surface area (TPSA) is 90.9 Å². The van der Waals surface area contributed by atoms with E-state index in [0.29, 0.717) is 17.5 Å². The molecule has 0 amide bonds. The Morgan fingerprint density at radius 3 is 2.82 bits per heavy atom. The van der Waals surface area contributed by atoms with Crippen LogP contribution in [-0.2, 0) is 6.54 Å². The summed E-state index contributed by atoms with van der Waals surface area (Å²) in [6.07, 6.45) is 3.29. The minimum Gasteiger partial charge on any atom is -0.338 e. The summed E-state index contributed by atoms with van der Waals surface area (Å²) in [6.45, 7) is 6.69. The first-order valence-electron chi connectivity index (χ1n) is 11.0. The molecular formula is C24H25FN8. The normalized spacial score (nSPS) is 14.4. The molecule has 2 aromatic heterocycles. The molecule has 9 heteroatoms. The Kier molecular flexibility index (Phi) is 6.05. The van der Waals surface area contributed by atoms with Gasteiger partial charge in [0.1, 0.15) is 11.6 Å². The second kappa shape index (κ2) is 9.43. The lowest BCUT2D eigenvalue weighted by molar-refractivity contribution is 0.233. The maximum absolute atomic E-state index is 14.5. The Hall–Kier alpha value is -3.69. The molecule has 5 rings (SSSR count). The fourth-order valence-electron chi connectivity index (χ4n) is 3.96. The number of piperazine rings is 1. The third kappa shape index (κ3) is 4.89. The van der Waals surface area contributed by atoms with Crippen LogP contribution in [0.5, 0.6) is 0 Å². The van der Waals surface area contributed by atoms with Crippen molar-refractivity contribution in [2.24, 2.45) is 0 Å². The summed E-state index contributed by atoms with van der Waals surface area (Å²) in [5.74, 6) is 0.530. The van der Waals surface area contributed by atoms with Gasteiger partial charge in [-0.2, -0.15) is 15.2 Å². The molecule has 3 N–H and O–H groups in total. The zero-order valence-electron chi connectivity index (χ0n) is 18.3. The van der Waals surface area contributed by atoms with E-state index in [4.69, 9.17) is 0 Å². The lowest BCUT2D eigenvalue weighted by Gasteiger charge is -2.27. The number of halogens is 1. The largest absolute Gasteiger partial charge is 0.338 e. The number of fused-ring (bicyclic) bond motifs is 1. The Bertz CT molecular complexity index is 1270. The molecule has 1 aliphatic rings. The van der Waals surface area contributed by atoms with Crippen LogP contribution in [0.3, 0.4) is 0 Å². The van der Waals surface area contributed by atoms with Gasteiger partial charge in [0.2, 0.25) is 5.95 Å². The highest BCUT2D eigenvalue weighted by Crippen LogP contribution is 2.26. The van der Waals surface area contributed by atoms with Crippen LogP contribution in [0.1, 0.15) is 11.1 Å². The summed E-state index contributed by atoms with van der Waals surface area (Å²) in [5.41, 5.74) is 4.06. The van der Waals surface area contributed by atoms with Crippen molar-refractivity contribution in [3.05, 3.63) is 71.8 Å². The maximum atomic E-state index is 14.5. The Labute approximate surface area is 191 Å². The predicted octanol–water partition coefficient (Wildman–Crippen LogP) is 3.76. The molecule has 0 aliphatic carbocycles. The van der Waals surface area contributed by atoms with Crippen molar-refractivity contribution >= 4 is 34.0 Å². The van der Waals surface area contributed by atoms with Crippen molar-refractivity contribution in [3.63, 3.8) is 0 Å². The first-order valence-corrected chi connectivity index (χ1v) is 11.0. The molecule has 2 aromatic carbocycles. The van der Waals surface area contributed by atoms with Crippen LogP contribution in [-0.4, -0.2) is 51.2 Å². The zero-order chi connectivity index (χ0) is 22.6. The number of hydrogen-bond donors (Lipinski definition) is 3. The lowest BCUT2D eigenvalue weighted by Crippen LogP contribution is -2.42. The summed E-state index contributed by atoms with van der Waals surface area (Å²) in [7, 11) is 0. The molecule has 0 bridgehead atoms. The molecule has 0 spiro atoms. The second-order valence-electron chi connectivity index (χ2n) is 8.09. The Morgan fingerprint density at radius 1 is 1.06 bits per heavy atom. The lowest BCUT2D eigenvalue weighted by atomic mass is 10.1. The summed E-state index contributed by atoms with van der Waals surface area (Å²) in [6, 6.07) is 12.9. The molecule has 3 heterocycles.